The first-order valence-corrected chi connectivity index (χ1v) is 8.55. The van der Waals surface area contributed by atoms with Crippen molar-refractivity contribution in [2.24, 2.45) is 0 Å². The number of hydrogen-bond acceptors (Lipinski definition) is 9. The van der Waals surface area contributed by atoms with E-state index in [4.69, 9.17) is 18.9 Å². The van der Waals surface area contributed by atoms with E-state index in [1.165, 1.54) is 32.5 Å². The predicted octanol–water partition coefficient (Wildman–Crippen LogP) is 2.63. The molecule has 3 rings (SSSR count). The summed E-state index contributed by atoms with van der Waals surface area (Å²) in [5.74, 6) is -0.179. The van der Waals surface area contributed by atoms with Gasteiger partial charge in [0.1, 0.15) is 5.69 Å². The zero-order valence-electron chi connectivity index (χ0n) is 16.0. The van der Waals surface area contributed by atoms with Crippen molar-refractivity contribution in [3.63, 3.8) is 0 Å². The fourth-order valence-corrected chi connectivity index (χ4v) is 2.50. The Kier molecular flexibility index (Phi) is 6.03. The number of hydrogen-bond donors (Lipinski definition) is 1. The normalized spacial score (nSPS) is 10.3. The average molecular weight is 398 g/mol. The highest BCUT2D eigenvalue weighted by atomic mass is 16.5. The third-order valence-corrected chi connectivity index (χ3v) is 3.82. The zero-order chi connectivity index (χ0) is 20.8. The number of esters is 2. The Morgan fingerprint density at radius 1 is 1.03 bits per heavy atom. The lowest BCUT2D eigenvalue weighted by atomic mass is 10.1. The number of benzene rings is 1. The Labute approximate surface area is 165 Å². The van der Waals surface area contributed by atoms with Crippen LogP contribution in [0.3, 0.4) is 0 Å². The Hall–Kier alpha value is -3.95. The molecule has 150 valence electrons. The molecular formula is C19H18N4O6. The molecule has 1 aromatic carbocycles. The van der Waals surface area contributed by atoms with Crippen LogP contribution in [0.4, 0.5) is 0 Å². The number of nitrogens with one attached hydrogen (secondary N) is 1. The molecule has 0 atom stereocenters. The molecule has 0 aliphatic heterocycles. The molecule has 10 heteroatoms. The highest BCUT2D eigenvalue weighted by Crippen LogP contribution is 2.35. The van der Waals surface area contributed by atoms with Crippen LogP contribution < -0.4 is 9.47 Å². The summed E-state index contributed by atoms with van der Waals surface area (Å²) in [7, 11) is 2.76. The van der Waals surface area contributed by atoms with Gasteiger partial charge in [-0.1, -0.05) is 0 Å². The maximum absolute atomic E-state index is 12.0. The number of H-pyrrole nitrogens is 1. The summed E-state index contributed by atoms with van der Waals surface area (Å²) in [6, 6.07) is 7.92. The summed E-state index contributed by atoms with van der Waals surface area (Å²) in [6.07, 6.45) is 1.43. The van der Waals surface area contributed by atoms with Crippen molar-refractivity contribution in [3.05, 3.63) is 47.8 Å². The fourth-order valence-electron chi connectivity index (χ4n) is 2.50. The molecule has 10 nitrogen and oxygen atoms in total. The molecule has 2 aromatic heterocycles. The second kappa shape index (κ2) is 8.83. The molecular weight excluding hydrogens is 380 g/mol. The van der Waals surface area contributed by atoms with E-state index in [-0.39, 0.29) is 18.2 Å². The molecule has 2 heterocycles. The van der Waals surface area contributed by atoms with E-state index in [1.807, 2.05) is 0 Å². The maximum Gasteiger partial charge on any atom is 0.361 e. The van der Waals surface area contributed by atoms with Crippen LogP contribution in [-0.2, 0) is 9.47 Å². The van der Waals surface area contributed by atoms with E-state index in [1.54, 1.807) is 25.1 Å². The minimum Gasteiger partial charge on any atom is -0.493 e. The van der Waals surface area contributed by atoms with Crippen molar-refractivity contribution < 1.29 is 28.5 Å². The van der Waals surface area contributed by atoms with Gasteiger partial charge in [-0.2, -0.15) is 10.3 Å². The Balaban J connectivity index is 1.90. The van der Waals surface area contributed by atoms with Crippen LogP contribution in [-0.4, -0.2) is 53.2 Å². The SMILES string of the molecule is CCOC(=O)c1n[nH]nc1-c1ccc(Oc2cc(C(=O)OC)ccn2)c(OC)c1. The number of aromatic amines is 1. The topological polar surface area (TPSA) is 126 Å². The molecule has 0 fully saturated rings. The predicted molar refractivity (Wildman–Crippen MR) is 100.0 cm³/mol. The van der Waals surface area contributed by atoms with Gasteiger partial charge in [-0.15, -0.1) is 5.10 Å². The van der Waals surface area contributed by atoms with Crippen molar-refractivity contribution in [2.75, 3.05) is 20.8 Å². The number of methoxy groups -OCH3 is 2. The third-order valence-electron chi connectivity index (χ3n) is 3.82. The smallest absolute Gasteiger partial charge is 0.361 e. The van der Waals surface area contributed by atoms with E-state index in [0.717, 1.165) is 0 Å². The fraction of sp³-hybridized carbons (Fsp3) is 0.211. The minimum absolute atomic E-state index is 0.0648. The Bertz CT molecular complexity index is 1030. The van der Waals surface area contributed by atoms with Gasteiger partial charge >= 0.3 is 11.9 Å². The number of carbonyl (C=O) groups excluding carboxylic acids is 2. The summed E-state index contributed by atoms with van der Waals surface area (Å²) < 4.78 is 20.8. The average Bonchev–Trinajstić information content (AvgIpc) is 3.24. The van der Waals surface area contributed by atoms with Gasteiger partial charge in [0.15, 0.2) is 17.2 Å². The molecule has 1 N–H and O–H groups in total. The summed E-state index contributed by atoms with van der Waals surface area (Å²) in [5, 5.41) is 10.3. The molecule has 0 unspecified atom stereocenters. The number of nitrogens with zero attached hydrogens (tertiary/aromatic N) is 3. The maximum atomic E-state index is 12.0. The van der Waals surface area contributed by atoms with E-state index < -0.39 is 11.9 Å². The van der Waals surface area contributed by atoms with Crippen molar-refractivity contribution in [2.45, 2.75) is 6.92 Å². The van der Waals surface area contributed by atoms with Crippen LogP contribution >= 0.6 is 0 Å². The van der Waals surface area contributed by atoms with Crippen molar-refractivity contribution in [3.8, 4) is 28.6 Å². The van der Waals surface area contributed by atoms with Gasteiger partial charge in [0.2, 0.25) is 5.88 Å². The molecule has 0 amide bonds. The molecule has 29 heavy (non-hydrogen) atoms. The first-order valence-electron chi connectivity index (χ1n) is 8.55. The van der Waals surface area contributed by atoms with Crippen LogP contribution in [0.1, 0.15) is 27.8 Å². The first kappa shape index (κ1) is 19.8. The molecule has 3 aromatic rings. The van der Waals surface area contributed by atoms with Crippen LogP contribution in [0.25, 0.3) is 11.3 Å². The number of ether oxygens (including phenoxy) is 4. The largest absolute Gasteiger partial charge is 0.493 e. The van der Waals surface area contributed by atoms with Crippen LogP contribution in [0.5, 0.6) is 17.4 Å². The zero-order valence-corrected chi connectivity index (χ0v) is 16.0. The molecule has 0 radical (unpaired) electrons. The summed E-state index contributed by atoms with van der Waals surface area (Å²) in [5.41, 5.74) is 1.26. The minimum atomic E-state index is -0.584. The lowest BCUT2D eigenvalue weighted by Gasteiger charge is -2.11. The van der Waals surface area contributed by atoms with Gasteiger partial charge < -0.3 is 18.9 Å². The van der Waals surface area contributed by atoms with Gasteiger partial charge in [0.05, 0.1) is 26.4 Å². The van der Waals surface area contributed by atoms with Crippen molar-refractivity contribution in [1.82, 2.24) is 20.4 Å². The second-order valence-corrected chi connectivity index (χ2v) is 5.58. The third kappa shape index (κ3) is 4.32. The molecule has 0 aliphatic carbocycles. The summed E-state index contributed by atoms with van der Waals surface area (Å²) in [4.78, 5) is 27.8. The van der Waals surface area contributed by atoms with Gasteiger partial charge in [-0.05, 0) is 31.2 Å². The van der Waals surface area contributed by atoms with Crippen molar-refractivity contribution >= 4 is 11.9 Å². The molecule has 0 spiro atoms. The number of pyridine rings is 1. The lowest BCUT2D eigenvalue weighted by molar-refractivity contribution is 0.0519. The second-order valence-electron chi connectivity index (χ2n) is 5.58. The van der Waals surface area contributed by atoms with Crippen LogP contribution in [0.15, 0.2) is 36.5 Å². The van der Waals surface area contributed by atoms with E-state index in [2.05, 4.69) is 20.4 Å². The lowest BCUT2D eigenvalue weighted by Crippen LogP contribution is -2.06. The molecule has 0 bridgehead atoms. The highest BCUT2D eigenvalue weighted by Gasteiger charge is 2.20. The van der Waals surface area contributed by atoms with E-state index in [9.17, 15) is 9.59 Å². The molecule has 0 aliphatic rings. The number of rotatable bonds is 7. The van der Waals surface area contributed by atoms with Crippen LogP contribution in [0, 0.1) is 0 Å². The Morgan fingerprint density at radius 2 is 1.86 bits per heavy atom. The monoisotopic (exact) mass is 398 g/mol. The number of carbonyl (C=O) groups is 2. The Morgan fingerprint density at radius 3 is 2.59 bits per heavy atom. The van der Waals surface area contributed by atoms with Gasteiger partial charge in [0, 0.05) is 17.8 Å². The number of aromatic nitrogens is 4. The van der Waals surface area contributed by atoms with Gasteiger partial charge in [-0.3, -0.25) is 0 Å². The highest BCUT2D eigenvalue weighted by molar-refractivity contribution is 5.94. The van der Waals surface area contributed by atoms with Crippen LogP contribution in [0.2, 0.25) is 0 Å². The van der Waals surface area contributed by atoms with Crippen molar-refractivity contribution in [1.29, 1.82) is 0 Å². The molecule has 0 saturated heterocycles. The van der Waals surface area contributed by atoms with E-state index in [0.29, 0.717) is 28.3 Å². The first-order chi connectivity index (χ1) is 14.1. The van der Waals surface area contributed by atoms with Gasteiger partial charge in [-0.25, -0.2) is 14.6 Å². The molecule has 0 saturated carbocycles. The standard InChI is InChI=1S/C19H18N4O6/c1-4-28-19(25)17-16(21-23-22-17)11-5-6-13(14(9-11)26-2)29-15-10-12(7-8-20-15)18(24)27-3/h5-10H,4H2,1-3H3,(H,21,22,23). The van der Waals surface area contributed by atoms with Gasteiger partial charge in [0.25, 0.3) is 0 Å². The summed E-state index contributed by atoms with van der Waals surface area (Å²) in [6.45, 7) is 1.93. The van der Waals surface area contributed by atoms with E-state index >= 15 is 0 Å². The summed E-state index contributed by atoms with van der Waals surface area (Å²) >= 11 is 0. The quantitative estimate of drug-likeness (QED) is 0.598.